The molecule has 0 bridgehead atoms. The van der Waals surface area contributed by atoms with Crippen LogP contribution in [0, 0.1) is 35.0 Å². The predicted octanol–water partition coefficient (Wildman–Crippen LogP) is 7.64. The SMILES string of the molecule is C=C1CC[C@H](O)C/C1=C\C=C1/CCC[C@]2(C)[C@@H]1CC[C@@H]2[C@@H](C)/C=C/[C@@H](C)C(C)C. The van der Waals surface area contributed by atoms with Gasteiger partial charge in [-0.1, -0.05) is 76.6 Å². The lowest BCUT2D eigenvalue weighted by Crippen LogP contribution is -2.35. The molecule has 0 amide bonds. The Bertz CT molecular complexity index is 678. The van der Waals surface area contributed by atoms with E-state index in [0.29, 0.717) is 17.3 Å². The summed E-state index contributed by atoms with van der Waals surface area (Å²) in [4.78, 5) is 0. The van der Waals surface area contributed by atoms with Crippen LogP contribution in [0.25, 0.3) is 0 Å². The first-order valence-corrected chi connectivity index (χ1v) is 12.2. The van der Waals surface area contributed by atoms with Crippen LogP contribution in [0.15, 0.2) is 47.6 Å². The van der Waals surface area contributed by atoms with Crippen molar-refractivity contribution in [3.63, 3.8) is 0 Å². The molecule has 3 rings (SSSR count). The highest BCUT2D eigenvalue weighted by Gasteiger charge is 2.50. The van der Waals surface area contributed by atoms with E-state index in [0.717, 1.165) is 37.0 Å². The Balaban J connectivity index is 1.75. The van der Waals surface area contributed by atoms with Crippen molar-refractivity contribution in [1.82, 2.24) is 0 Å². The minimum absolute atomic E-state index is 0.182. The lowest BCUT2D eigenvalue weighted by molar-refractivity contribution is 0.112. The summed E-state index contributed by atoms with van der Waals surface area (Å²) in [5.74, 6) is 3.58. The lowest BCUT2D eigenvalue weighted by atomic mass is 9.61. The van der Waals surface area contributed by atoms with Crippen molar-refractivity contribution in [3.05, 3.63) is 47.6 Å². The molecule has 0 unspecified atom stereocenters. The predicted molar refractivity (Wildman–Crippen MR) is 126 cm³/mol. The van der Waals surface area contributed by atoms with E-state index in [4.69, 9.17) is 0 Å². The van der Waals surface area contributed by atoms with E-state index in [1.807, 2.05) is 0 Å². The van der Waals surface area contributed by atoms with E-state index < -0.39 is 0 Å². The van der Waals surface area contributed by atoms with Gasteiger partial charge in [0.2, 0.25) is 0 Å². The van der Waals surface area contributed by atoms with Crippen molar-refractivity contribution in [3.8, 4) is 0 Å². The van der Waals surface area contributed by atoms with Gasteiger partial charge in [0.1, 0.15) is 0 Å². The van der Waals surface area contributed by atoms with E-state index in [-0.39, 0.29) is 6.10 Å². The average molecular weight is 397 g/mol. The van der Waals surface area contributed by atoms with Gasteiger partial charge in [-0.3, -0.25) is 0 Å². The second-order valence-corrected chi connectivity index (χ2v) is 10.9. The van der Waals surface area contributed by atoms with Crippen molar-refractivity contribution in [2.24, 2.45) is 35.0 Å². The maximum absolute atomic E-state index is 10.0. The lowest BCUT2D eigenvalue weighted by Gasteiger charge is -2.44. The first kappa shape index (κ1) is 22.6. The third-order valence-corrected chi connectivity index (χ3v) is 8.63. The number of rotatable bonds is 5. The zero-order valence-corrected chi connectivity index (χ0v) is 19.6. The van der Waals surface area contributed by atoms with Crippen LogP contribution < -0.4 is 0 Å². The molecule has 1 nitrogen and oxygen atoms in total. The number of fused-ring (bicyclic) bond motifs is 1. The highest BCUT2D eigenvalue weighted by Crippen LogP contribution is 2.59. The van der Waals surface area contributed by atoms with E-state index in [1.165, 1.54) is 43.3 Å². The largest absolute Gasteiger partial charge is 0.393 e. The molecule has 0 radical (unpaired) electrons. The normalized spacial score (nSPS) is 38.2. The molecule has 29 heavy (non-hydrogen) atoms. The van der Waals surface area contributed by atoms with Crippen LogP contribution in [0.3, 0.4) is 0 Å². The standard InChI is InChI=1S/C28H44O/c1-19(2)20(3)9-10-22(5)26-15-16-27-23(8-7-17-28(26,27)6)12-13-24-18-25(29)14-11-21(24)4/h9-10,12-13,19-20,22,25-27,29H,4,7-8,11,14-18H2,1-3,5-6H3/b10-9+,23-12+,24-13+/t20-,22+,25+,26-,27-,28+/m1/s1. The number of allylic oxidation sites excluding steroid dienone is 6. The van der Waals surface area contributed by atoms with Crippen molar-refractivity contribution < 1.29 is 5.11 Å². The Morgan fingerprint density at radius 1 is 1.03 bits per heavy atom. The van der Waals surface area contributed by atoms with Gasteiger partial charge < -0.3 is 5.11 Å². The van der Waals surface area contributed by atoms with Gasteiger partial charge in [-0.2, -0.15) is 0 Å². The van der Waals surface area contributed by atoms with Crippen LogP contribution in [0.2, 0.25) is 0 Å². The summed E-state index contributed by atoms with van der Waals surface area (Å²) in [5.41, 5.74) is 4.61. The molecule has 0 spiro atoms. The fourth-order valence-corrected chi connectivity index (χ4v) is 6.25. The molecule has 6 atom stereocenters. The zero-order chi connectivity index (χ0) is 21.2. The van der Waals surface area contributed by atoms with E-state index in [9.17, 15) is 5.11 Å². The van der Waals surface area contributed by atoms with Crippen molar-refractivity contribution in [1.29, 1.82) is 0 Å². The molecule has 3 fully saturated rings. The summed E-state index contributed by atoms with van der Waals surface area (Å²) in [5, 5.41) is 10.0. The second-order valence-electron chi connectivity index (χ2n) is 10.9. The molecular formula is C28H44O. The van der Waals surface area contributed by atoms with Gasteiger partial charge in [-0.25, -0.2) is 0 Å². The smallest absolute Gasteiger partial charge is 0.0583 e. The monoisotopic (exact) mass is 396 g/mol. The highest BCUT2D eigenvalue weighted by molar-refractivity contribution is 5.36. The Hall–Kier alpha value is -1.08. The van der Waals surface area contributed by atoms with Crippen LogP contribution in [0.5, 0.6) is 0 Å². The van der Waals surface area contributed by atoms with E-state index >= 15 is 0 Å². The van der Waals surface area contributed by atoms with E-state index in [2.05, 4.69) is 65.5 Å². The third-order valence-electron chi connectivity index (χ3n) is 8.63. The minimum atomic E-state index is -0.182. The fraction of sp³-hybridized carbons (Fsp3) is 0.714. The average Bonchev–Trinajstić information content (AvgIpc) is 3.04. The van der Waals surface area contributed by atoms with Crippen molar-refractivity contribution in [2.75, 3.05) is 0 Å². The Morgan fingerprint density at radius 2 is 1.79 bits per heavy atom. The van der Waals surface area contributed by atoms with Gasteiger partial charge >= 0.3 is 0 Å². The van der Waals surface area contributed by atoms with Crippen molar-refractivity contribution in [2.45, 2.75) is 92.1 Å². The molecular weight excluding hydrogens is 352 g/mol. The van der Waals surface area contributed by atoms with Crippen LogP contribution in [0.1, 0.15) is 86.0 Å². The third kappa shape index (κ3) is 4.98. The molecule has 3 saturated carbocycles. The molecule has 0 aromatic heterocycles. The fourth-order valence-electron chi connectivity index (χ4n) is 6.25. The summed E-state index contributed by atoms with van der Waals surface area (Å²) in [6.07, 6.45) is 18.8. The van der Waals surface area contributed by atoms with Crippen LogP contribution in [0.4, 0.5) is 0 Å². The molecule has 162 valence electrons. The zero-order valence-electron chi connectivity index (χ0n) is 19.6. The molecule has 1 heteroatoms. The maximum Gasteiger partial charge on any atom is 0.0583 e. The Kier molecular flexibility index (Phi) is 7.31. The Labute approximate surface area is 180 Å². The first-order chi connectivity index (χ1) is 13.7. The molecule has 3 aliphatic rings. The first-order valence-electron chi connectivity index (χ1n) is 12.2. The second kappa shape index (κ2) is 9.38. The van der Waals surface area contributed by atoms with Crippen LogP contribution in [-0.4, -0.2) is 11.2 Å². The quantitative estimate of drug-likeness (QED) is 0.473. The van der Waals surface area contributed by atoms with Gasteiger partial charge in [-0.15, -0.1) is 0 Å². The summed E-state index contributed by atoms with van der Waals surface area (Å²) in [6.45, 7) is 16.3. The van der Waals surface area contributed by atoms with Gasteiger partial charge in [0.05, 0.1) is 6.10 Å². The Morgan fingerprint density at radius 3 is 2.52 bits per heavy atom. The van der Waals surface area contributed by atoms with Crippen LogP contribution in [-0.2, 0) is 0 Å². The van der Waals surface area contributed by atoms with Gasteiger partial charge in [0.15, 0.2) is 0 Å². The molecule has 0 aromatic rings. The molecule has 0 aliphatic heterocycles. The molecule has 0 saturated heterocycles. The molecule has 3 aliphatic carbocycles. The minimum Gasteiger partial charge on any atom is -0.393 e. The van der Waals surface area contributed by atoms with Gasteiger partial charge in [0.25, 0.3) is 0 Å². The summed E-state index contributed by atoms with van der Waals surface area (Å²) in [6, 6.07) is 0. The topological polar surface area (TPSA) is 20.2 Å². The summed E-state index contributed by atoms with van der Waals surface area (Å²) in [7, 11) is 0. The molecule has 0 heterocycles. The van der Waals surface area contributed by atoms with Crippen LogP contribution >= 0.6 is 0 Å². The number of aliphatic hydroxyl groups excluding tert-OH is 1. The van der Waals surface area contributed by atoms with E-state index in [1.54, 1.807) is 5.57 Å². The van der Waals surface area contributed by atoms with Gasteiger partial charge in [0, 0.05) is 0 Å². The molecule has 1 N–H and O–H groups in total. The van der Waals surface area contributed by atoms with Crippen molar-refractivity contribution >= 4 is 0 Å². The summed E-state index contributed by atoms with van der Waals surface area (Å²) >= 11 is 0. The number of hydrogen-bond donors (Lipinski definition) is 1. The number of aliphatic hydroxyl groups is 1. The molecule has 0 aromatic carbocycles. The summed E-state index contributed by atoms with van der Waals surface area (Å²) < 4.78 is 0. The highest BCUT2D eigenvalue weighted by atomic mass is 16.3. The van der Waals surface area contributed by atoms with Gasteiger partial charge in [-0.05, 0) is 91.9 Å². The number of hydrogen-bond acceptors (Lipinski definition) is 1. The maximum atomic E-state index is 10.0.